The van der Waals surface area contributed by atoms with Crippen molar-refractivity contribution in [2.45, 2.75) is 12.5 Å². The number of rotatable bonds is 2. The standard InChI is InChI=1S/C7H11N3O3/c1-7(13)2-10(3-7)6(12)9-4-8-5-11/h13H,2-4H2,1H3,(H,9,12). The summed E-state index contributed by atoms with van der Waals surface area (Å²) in [7, 11) is 0. The molecule has 0 aromatic heterocycles. The Balaban J connectivity index is 2.23. The highest BCUT2D eigenvalue weighted by molar-refractivity contribution is 5.75. The number of β-amino-alcohol motifs (C(OH)–C–C–N with tert-alkyl or cyclic N) is 1. The van der Waals surface area contributed by atoms with E-state index in [1.165, 1.54) is 11.0 Å². The lowest BCUT2D eigenvalue weighted by molar-refractivity contribution is -0.0606. The Morgan fingerprint density at radius 2 is 2.38 bits per heavy atom. The van der Waals surface area contributed by atoms with Crippen molar-refractivity contribution in [3.8, 4) is 0 Å². The fraction of sp³-hybridized carbons (Fsp3) is 0.714. The van der Waals surface area contributed by atoms with Gasteiger partial charge >= 0.3 is 6.03 Å². The highest BCUT2D eigenvalue weighted by Gasteiger charge is 2.39. The first-order valence-electron chi connectivity index (χ1n) is 3.84. The van der Waals surface area contributed by atoms with Crippen LogP contribution in [0.5, 0.6) is 0 Å². The van der Waals surface area contributed by atoms with Crippen LogP contribution in [0.4, 0.5) is 4.79 Å². The number of likely N-dealkylation sites (tertiary alicyclic amines) is 1. The average molecular weight is 185 g/mol. The van der Waals surface area contributed by atoms with Crippen LogP contribution >= 0.6 is 0 Å². The van der Waals surface area contributed by atoms with Crippen molar-refractivity contribution < 1.29 is 14.7 Å². The van der Waals surface area contributed by atoms with Gasteiger partial charge in [0.2, 0.25) is 6.08 Å². The van der Waals surface area contributed by atoms with Crippen LogP contribution in [0.25, 0.3) is 0 Å². The maximum absolute atomic E-state index is 11.1. The van der Waals surface area contributed by atoms with E-state index in [2.05, 4.69) is 10.3 Å². The number of nitrogens with zero attached hydrogens (tertiary/aromatic N) is 2. The number of carbonyl (C=O) groups is 1. The molecule has 1 aliphatic rings. The van der Waals surface area contributed by atoms with E-state index in [1.807, 2.05) is 0 Å². The van der Waals surface area contributed by atoms with E-state index in [-0.39, 0.29) is 12.7 Å². The first-order valence-corrected chi connectivity index (χ1v) is 3.84. The second-order valence-corrected chi connectivity index (χ2v) is 3.24. The van der Waals surface area contributed by atoms with Gasteiger partial charge in [0.25, 0.3) is 0 Å². The molecule has 0 saturated carbocycles. The summed E-state index contributed by atoms with van der Waals surface area (Å²) in [5.41, 5.74) is -0.773. The number of aliphatic imine (C=N–C) groups is 1. The van der Waals surface area contributed by atoms with Crippen molar-refractivity contribution in [1.82, 2.24) is 10.2 Å². The molecule has 6 nitrogen and oxygen atoms in total. The Hall–Kier alpha value is -1.39. The number of hydrogen-bond acceptors (Lipinski definition) is 4. The Bertz CT molecular complexity index is 250. The maximum Gasteiger partial charge on any atom is 0.319 e. The summed E-state index contributed by atoms with van der Waals surface area (Å²) >= 11 is 0. The minimum atomic E-state index is -0.773. The number of carbonyl (C=O) groups excluding carboxylic acids is 2. The van der Waals surface area contributed by atoms with Crippen LogP contribution in [0.1, 0.15) is 6.92 Å². The molecule has 1 saturated heterocycles. The number of isocyanates is 1. The Kier molecular flexibility index (Phi) is 2.65. The first kappa shape index (κ1) is 9.70. The molecule has 0 aromatic rings. The van der Waals surface area contributed by atoms with E-state index in [0.29, 0.717) is 13.1 Å². The summed E-state index contributed by atoms with van der Waals surface area (Å²) in [6.07, 6.45) is 1.31. The van der Waals surface area contributed by atoms with E-state index in [0.717, 1.165) is 0 Å². The zero-order chi connectivity index (χ0) is 9.90. The molecule has 0 atom stereocenters. The third-order valence-electron chi connectivity index (χ3n) is 1.72. The number of amides is 2. The van der Waals surface area contributed by atoms with E-state index in [4.69, 9.17) is 0 Å². The maximum atomic E-state index is 11.1. The van der Waals surface area contributed by atoms with E-state index in [1.54, 1.807) is 6.92 Å². The van der Waals surface area contributed by atoms with Crippen LogP contribution in [0.3, 0.4) is 0 Å². The van der Waals surface area contributed by atoms with Crippen molar-refractivity contribution in [2.24, 2.45) is 4.99 Å². The highest BCUT2D eigenvalue weighted by Crippen LogP contribution is 2.18. The molecule has 0 aliphatic carbocycles. The topological polar surface area (TPSA) is 82.0 Å². The highest BCUT2D eigenvalue weighted by atomic mass is 16.3. The van der Waals surface area contributed by atoms with Gasteiger partial charge in [-0.15, -0.1) is 0 Å². The van der Waals surface area contributed by atoms with Crippen LogP contribution in [-0.2, 0) is 4.79 Å². The van der Waals surface area contributed by atoms with Crippen LogP contribution in [0, 0.1) is 0 Å². The van der Waals surface area contributed by atoms with Gasteiger partial charge in [0, 0.05) is 0 Å². The molecule has 1 rings (SSSR count). The lowest BCUT2D eigenvalue weighted by Crippen LogP contribution is -2.63. The summed E-state index contributed by atoms with van der Waals surface area (Å²) in [6.45, 7) is 2.20. The molecule has 6 heteroatoms. The van der Waals surface area contributed by atoms with Gasteiger partial charge in [-0.1, -0.05) is 0 Å². The molecule has 1 heterocycles. The number of aliphatic hydroxyl groups is 1. The third-order valence-corrected chi connectivity index (χ3v) is 1.72. The van der Waals surface area contributed by atoms with Crippen molar-refractivity contribution >= 4 is 12.1 Å². The van der Waals surface area contributed by atoms with Gasteiger partial charge in [-0.3, -0.25) is 0 Å². The van der Waals surface area contributed by atoms with Gasteiger partial charge in [0.1, 0.15) is 6.67 Å². The van der Waals surface area contributed by atoms with Crippen LogP contribution in [-0.4, -0.2) is 47.5 Å². The molecule has 2 N–H and O–H groups in total. The largest absolute Gasteiger partial charge is 0.386 e. The second kappa shape index (κ2) is 3.55. The van der Waals surface area contributed by atoms with Gasteiger partial charge in [-0.2, -0.15) is 4.99 Å². The molecule has 0 aromatic carbocycles. The monoisotopic (exact) mass is 185 g/mol. The molecule has 0 bridgehead atoms. The number of urea groups is 1. The second-order valence-electron chi connectivity index (χ2n) is 3.24. The molecule has 0 spiro atoms. The van der Waals surface area contributed by atoms with E-state index in [9.17, 15) is 14.7 Å². The first-order chi connectivity index (χ1) is 6.05. The summed E-state index contributed by atoms with van der Waals surface area (Å²) in [6, 6.07) is -0.328. The lowest BCUT2D eigenvalue weighted by Gasteiger charge is -2.43. The smallest absolute Gasteiger partial charge is 0.319 e. The minimum Gasteiger partial charge on any atom is -0.386 e. The van der Waals surface area contributed by atoms with Gasteiger partial charge < -0.3 is 15.3 Å². The molecule has 0 radical (unpaired) electrons. The summed E-state index contributed by atoms with van der Waals surface area (Å²) < 4.78 is 0. The zero-order valence-electron chi connectivity index (χ0n) is 7.28. The van der Waals surface area contributed by atoms with Crippen LogP contribution < -0.4 is 5.32 Å². The summed E-state index contributed by atoms with van der Waals surface area (Å²) in [5.74, 6) is 0. The molecular weight excluding hydrogens is 174 g/mol. The number of nitrogens with one attached hydrogen (secondary N) is 1. The summed E-state index contributed by atoms with van der Waals surface area (Å²) in [5, 5.41) is 11.7. The third kappa shape index (κ3) is 2.54. The van der Waals surface area contributed by atoms with Gasteiger partial charge in [0.05, 0.1) is 18.7 Å². The predicted octanol–water partition coefficient (Wildman–Crippen LogP) is -0.944. The van der Waals surface area contributed by atoms with Crippen molar-refractivity contribution in [3.63, 3.8) is 0 Å². The molecule has 1 fully saturated rings. The molecule has 1 aliphatic heterocycles. The van der Waals surface area contributed by atoms with E-state index < -0.39 is 5.60 Å². The van der Waals surface area contributed by atoms with Crippen LogP contribution in [0.2, 0.25) is 0 Å². The van der Waals surface area contributed by atoms with Gasteiger partial charge in [0.15, 0.2) is 0 Å². The average Bonchev–Trinajstić information content (AvgIpc) is 2.00. The fourth-order valence-electron chi connectivity index (χ4n) is 1.17. The minimum absolute atomic E-state index is 0.0685. The zero-order valence-corrected chi connectivity index (χ0v) is 7.28. The quantitative estimate of drug-likeness (QED) is 0.430. The summed E-state index contributed by atoms with van der Waals surface area (Å²) in [4.78, 5) is 25.3. The Labute approximate surface area is 75.2 Å². The fourth-order valence-corrected chi connectivity index (χ4v) is 1.17. The van der Waals surface area contributed by atoms with Gasteiger partial charge in [-0.25, -0.2) is 9.59 Å². The Morgan fingerprint density at radius 1 is 1.77 bits per heavy atom. The molecular formula is C7H11N3O3. The molecule has 2 amide bonds. The van der Waals surface area contributed by atoms with Crippen molar-refractivity contribution in [3.05, 3.63) is 0 Å². The van der Waals surface area contributed by atoms with Crippen molar-refractivity contribution in [2.75, 3.05) is 19.8 Å². The van der Waals surface area contributed by atoms with Crippen LogP contribution in [0.15, 0.2) is 4.99 Å². The van der Waals surface area contributed by atoms with E-state index >= 15 is 0 Å². The lowest BCUT2D eigenvalue weighted by atomic mass is 9.98. The molecule has 13 heavy (non-hydrogen) atoms. The Morgan fingerprint density at radius 3 is 2.85 bits per heavy atom. The normalized spacial score (nSPS) is 18.5. The molecule has 72 valence electrons. The number of hydrogen-bond donors (Lipinski definition) is 2. The molecule has 0 unspecified atom stereocenters. The van der Waals surface area contributed by atoms with Gasteiger partial charge in [-0.05, 0) is 6.92 Å². The van der Waals surface area contributed by atoms with Crippen molar-refractivity contribution in [1.29, 1.82) is 0 Å². The predicted molar refractivity (Wildman–Crippen MR) is 43.7 cm³/mol. The SMILES string of the molecule is CC1(O)CN(C(=O)NCN=C=O)C1.